The van der Waals surface area contributed by atoms with Crippen LogP contribution in [0.4, 0.5) is 9.59 Å². The highest BCUT2D eigenvalue weighted by Crippen LogP contribution is 2.24. The molecule has 1 unspecified atom stereocenters. The number of amides is 2. The first-order valence-electron chi connectivity index (χ1n) is 11.7. The zero-order chi connectivity index (χ0) is 26.4. The molecule has 0 aromatic heterocycles. The lowest BCUT2D eigenvalue weighted by Gasteiger charge is -2.28. The molecule has 0 saturated heterocycles. The molecule has 0 aliphatic carbocycles. The predicted octanol–water partition coefficient (Wildman–Crippen LogP) is 6.76. The van der Waals surface area contributed by atoms with Crippen molar-refractivity contribution in [1.29, 1.82) is 0 Å². The summed E-state index contributed by atoms with van der Waals surface area (Å²) in [5.74, 6) is 0. The summed E-state index contributed by atoms with van der Waals surface area (Å²) in [7, 11) is 0. The summed E-state index contributed by atoms with van der Waals surface area (Å²) < 4.78 is 10.7. The Kier molecular flexibility index (Phi) is 8.91. The molecule has 6 nitrogen and oxygen atoms in total. The highest BCUT2D eigenvalue weighted by atomic mass is 16.6. The molecule has 188 valence electrons. The Morgan fingerprint density at radius 3 is 1.94 bits per heavy atom. The molecule has 0 fully saturated rings. The molecule has 0 aliphatic rings. The molecule has 0 radical (unpaired) electrons. The van der Waals surface area contributed by atoms with Gasteiger partial charge < -0.3 is 20.1 Å². The molecule has 0 spiro atoms. The van der Waals surface area contributed by atoms with E-state index in [0.717, 1.165) is 33.4 Å². The maximum Gasteiger partial charge on any atom is 0.408 e. The van der Waals surface area contributed by atoms with Crippen LogP contribution in [0.5, 0.6) is 0 Å². The van der Waals surface area contributed by atoms with Gasteiger partial charge in [0.05, 0.1) is 11.1 Å². The normalized spacial score (nSPS) is 12.3. The molecule has 2 aromatic rings. The van der Waals surface area contributed by atoms with Crippen LogP contribution in [0.3, 0.4) is 0 Å². The second kappa shape index (κ2) is 11.3. The molecule has 6 heteroatoms. The summed E-state index contributed by atoms with van der Waals surface area (Å²) in [6.07, 6.45) is -1.81. The molecule has 0 saturated carbocycles. The highest BCUT2D eigenvalue weighted by molar-refractivity contribution is 5.70. The SMILES string of the molecule is C=C(C)c1ccc(C(C)(C)NC(=O)OC(C)COC(=O)NC(C)(C)c2cccc(C(=C)C)c2)cc1. The quantitative estimate of drug-likeness (QED) is 0.417. The van der Waals surface area contributed by atoms with E-state index in [4.69, 9.17) is 9.47 Å². The van der Waals surface area contributed by atoms with Crippen molar-refractivity contribution in [1.82, 2.24) is 10.6 Å². The second-order valence-electron chi connectivity index (χ2n) is 10.0. The first kappa shape index (κ1) is 27.7. The van der Waals surface area contributed by atoms with Crippen molar-refractivity contribution in [3.63, 3.8) is 0 Å². The maximum absolute atomic E-state index is 12.5. The zero-order valence-electron chi connectivity index (χ0n) is 22.0. The van der Waals surface area contributed by atoms with E-state index < -0.39 is 29.4 Å². The second-order valence-corrected chi connectivity index (χ2v) is 10.0. The summed E-state index contributed by atoms with van der Waals surface area (Å²) in [5, 5.41) is 5.73. The van der Waals surface area contributed by atoms with Crippen LogP contribution in [0.25, 0.3) is 11.1 Å². The van der Waals surface area contributed by atoms with Gasteiger partial charge in [-0.15, -0.1) is 0 Å². The van der Waals surface area contributed by atoms with Crippen LogP contribution in [-0.4, -0.2) is 24.9 Å². The first-order chi connectivity index (χ1) is 16.2. The van der Waals surface area contributed by atoms with Crippen LogP contribution < -0.4 is 10.6 Å². The lowest BCUT2D eigenvalue weighted by Crippen LogP contribution is -2.44. The lowest BCUT2D eigenvalue weighted by atomic mass is 9.92. The summed E-state index contributed by atoms with van der Waals surface area (Å²) in [4.78, 5) is 24.9. The largest absolute Gasteiger partial charge is 0.446 e. The number of nitrogens with one attached hydrogen (secondary N) is 2. The van der Waals surface area contributed by atoms with Gasteiger partial charge >= 0.3 is 12.2 Å². The van der Waals surface area contributed by atoms with Gasteiger partial charge in [0.25, 0.3) is 0 Å². The number of benzene rings is 2. The fraction of sp³-hybridized carbons (Fsp3) is 0.379. The Morgan fingerprint density at radius 1 is 0.829 bits per heavy atom. The van der Waals surface area contributed by atoms with Gasteiger partial charge in [-0.25, -0.2) is 9.59 Å². The Bertz CT molecular complexity index is 1080. The number of hydrogen-bond donors (Lipinski definition) is 2. The molecule has 0 bridgehead atoms. The van der Waals surface area contributed by atoms with E-state index in [1.165, 1.54) is 0 Å². The van der Waals surface area contributed by atoms with Crippen molar-refractivity contribution >= 4 is 23.3 Å². The van der Waals surface area contributed by atoms with Crippen molar-refractivity contribution in [3.8, 4) is 0 Å². The van der Waals surface area contributed by atoms with Crippen molar-refractivity contribution in [2.75, 3.05) is 6.61 Å². The van der Waals surface area contributed by atoms with Crippen LogP contribution in [0.2, 0.25) is 0 Å². The van der Waals surface area contributed by atoms with Crippen molar-refractivity contribution < 1.29 is 19.1 Å². The van der Waals surface area contributed by atoms with Gasteiger partial charge in [0, 0.05) is 0 Å². The predicted molar refractivity (Wildman–Crippen MR) is 142 cm³/mol. The Hall–Kier alpha value is -3.54. The van der Waals surface area contributed by atoms with Gasteiger partial charge in [0.2, 0.25) is 0 Å². The molecule has 0 heterocycles. The molecule has 2 amide bonds. The highest BCUT2D eigenvalue weighted by Gasteiger charge is 2.26. The molecule has 1 atom stereocenters. The minimum absolute atomic E-state index is 0.0745. The van der Waals surface area contributed by atoms with Crippen LogP contribution in [0, 0.1) is 0 Å². The van der Waals surface area contributed by atoms with E-state index in [2.05, 4.69) is 23.8 Å². The Balaban J connectivity index is 1.87. The van der Waals surface area contributed by atoms with Crippen LogP contribution in [0.15, 0.2) is 61.7 Å². The minimum Gasteiger partial charge on any atom is -0.446 e. The zero-order valence-corrected chi connectivity index (χ0v) is 22.0. The van der Waals surface area contributed by atoms with E-state index >= 15 is 0 Å². The average Bonchev–Trinajstić information content (AvgIpc) is 2.77. The van der Waals surface area contributed by atoms with E-state index in [1.807, 2.05) is 90.1 Å². The maximum atomic E-state index is 12.5. The first-order valence-corrected chi connectivity index (χ1v) is 11.7. The number of rotatable bonds is 9. The number of allylic oxidation sites excluding steroid dienone is 2. The molecule has 35 heavy (non-hydrogen) atoms. The molecular weight excluding hydrogens is 440 g/mol. The van der Waals surface area contributed by atoms with Crippen LogP contribution in [-0.2, 0) is 20.6 Å². The average molecular weight is 479 g/mol. The Morgan fingerprint density at radius 2 is 1.37 bits per heavy atom. The van der Waals surface area contributed by atoms with Crippen LogP contribution in [0.1, 0.15) is 70.7 Å². The van der Waals surface area contributed by atoms with Crippen LogP contribution >= 0.6 is 0 Å². The standard InChI is InChI=1S/C29H38N2O4/c1-19(2)22-13-15-24(16-14-22)28(6,7)31-27(33)35-21(5)18-34-26(32)30-29(8,9)25-12-10-11-23(17-25)20(3)4/h10-17,21H,1,3,18H2,2,4-9H3,(H,30,32)(H,31,33). The number of carbonyl (C=O) groups is 2. The van der Waals surface area contributed by atoms with E-state index in [0.29, 0.717) is 0 Å². The molecule has 0 aliphatic heterocycles. The van der Waals surface area contributed by atoms with Gasteiger partial charge in [-0.05, 0) is 76.8 Å². The van der Waals surface area contributed by atoms with Gasteiger partial charge in [-0.1, -0.05) is 66.8 Å². The molecule has 2 rings (SSSR count). The van der Waals surface area contributed by atoms with Crippen molar-refractivity contribution in [3.05, 3.63) is 83.9 Å². The van der Waals surface area contributed by atoms with Gasteiger partial charge in [0.1, 0.15) is 12.7 Å². The smallest absolute Gasteiger partial charge is 0.408 e. The summed E-state index contributed by atoms with van der Waals surface area (Å²) in [5.41, 5.74) is 4.53. The summed E-state index contributed by atoms with van der Waals surface area (Å²) >= 11 is 0. The third kappa shape index (κ3) is 8.02. The number of hydrogen-bond acceptors (Lipinski definition) is 4. The third-order valence-corrected chi connectivity index (χ3v) is 5.76. The number of ether oxygens (including phenoxy) is 2. The fourth-order valence-corrected chi connectivity index (χ4v) is 3.47. The summed E-state index contributed by atoms with van der Waals surface area (Å²) in [6.45, 7) is 21.0. The van der Waals surface area contributed by atoms with E-state index in [9.17, 15) is 9.59 Å². The Labute approximate surface area is 209 Å². The number of carbonyl (C=O) groups excluding carboxylic acids is 2. The molecular formula is C29H38N2O4. The topological polar surface area (TPSA) is 76.7 Å². The summed E-state index contributed by atoms with van der Waals surface area (Å²) in [6, 6.07) is 15.7. The van der Waals surface area contributed by atoms with E-state index in [1.54, 1.807) is 6.92 Å². The fourth-order valence-electron chi connectivity index (χ4n) is 3.47. The van der Waals surface area contributed by atoms with E-state index in [-0.39, 0.29) is 6.61 Å². The molecule has 2 aromatic carbocycles. The van der Waals surface area contributed by atoms with Gasteiger partial charge in [-0.3, -0.25) is 0 Å². The molecule has 2 N–H and O–H groups in total. The number of alkyl carbamates (subject to hydrolysis) is 2. The minimum atomic E-state index is -0.659. The lowest BCUT2D eigenvalue weighted by molar-refractivity contribution is 0.0468. The van der Waals surface area contributed by atoms with Crippen molar-refractivity contribution in [2.24, 2.45) is 0 Å². The van der Waals surface area contributed by atoms with Crippen molar-refractivity contribution in [2.45, 2.75) is 65.6 Å². The third-order valence-electron chi connectivity index (χ3n) is 5.76. The van der Waals surface area contributed by atoms with Gasteiger partial charge in [0.15, 0.2) is 0 Å². The monoisotopic (exact) mass is 478 g/mol. The van der Waals surface area contributed by atoms with Gasteiger partial charge in [-0.2, -0.15) is 0 Å².